The van der Waals surface area contributed by atoms with Gasteiger partial charge in [-0.2, -0.15) is 8.78 Å². The minimum absolute atomic E-state index is 0.390. The molecule has 1 nitrogen and oxygen atoms in total. The lowest BCUT2D eigenvalue weighted by Crippen LogP contribution is -2.50. The highest BCUT2D eigenvalue weighted by molar-refractivity contribution is 4.92. The van der Waals surface area contributed by atoms with Crippen molar-refractivity contribution in [3.8, 4) is 0 Å². The zero-order valence-electron chi connectivity index (χ0n) is 14.9. The Labute approximate surface area is 150 Å². The van der Waals surface area contributed by atoms with E-state index in [-0.39, 0.29) is 0 Å². The van der Waals surface area contributed by atoms with Crippen LogP contribution in [0.5, 0.6) is 0 Å². The highest BCUT2D eigenvalue weighted by atomic mass is 19.3. The maximum Gasteiger partial charge on any atom is 0.364 e. The van der Waals surface area contributed by atoms with E-state index in [0.29, 0.717) is 37.5 Å². The zero-order chi connectivity index (χ0) is 18.9. The van der Waals surface area contributed by atoms with E-state index in [1.807, 2.05) is 0 Å². The van der Waals surface area contributed by atoms with Crippen LogP contribution in [-0.2, 0) is 4.74 Å². The lowest BCUT2D eigenvalue weighted by molar-refractivity contribution is -0.319. The predicted octanol–water partition coefficient (Wildman–Crippen LogP) is 6.11. The first kappa shape index (κ1) is 20.3. The SMILES string of the molecule is FC1CCC(C2CCC(OC(F)(F)C3C(F)CC(F)CC3F)CC2)CC1. The van der Waals surface area contributed by atoms with Crippen molar-refractivity contribution in [1.82, 2.24) is 0 Å². The Bertz CT molecular complexity index is 433. The first-order valence-corrected chi connectivity index (χ1v) is 9.88. The van der Waals surface area contributed by atoms with Crippen molar-refractivity contribution in [2.24, 2.45) is 17.8 Å². The summed E-state index contributed by atoms with van der Waals surface area (Å²) in [5, 5.41) is 0. The fourth-order valence-corrected chi connectivity index (χ4v) is 5.05. The van der Waals surface area contributed by atoms with Gasteiger partial charge in [0.25, 0.3) is 0 Å². The third kappa shape index (κ3) is 4.68. The van der Waals surface area contributed by atoms with Crippen molar-refractivity contribution in [3.63, 3.8) is 0 Å². The highest BCUT2D eigenvalue weighted by Crippen LogP contribution is 2.45. The molecule has 3 saturated carbocycles. The van der Waals surface area contributed by atoms with E-state index in [9.17, 15) is 26.3 Å². The summed E-state index contributed by atoms with van der Waals surface area (Å²) in [5.74, 6) is -1.40. The standard InChI is InChI=1S/C19H28F6O/c20-13-5-1-11(2-6-13)12-3-7-15(8-4-12)26-19(24,25)18-16(22)9-14(21)10-17(18)23/h11-18H,1-10H2. The van der Waals surface area contributed by atoms with Crippen LogP contribution in [0.2, 0.25) is 0 Å². The van der Waals surface area contributed by atoms with Gasteiger partial charge in [0.15, 0.2) is 0 Å². The molecule has 0 spiro atoms. The molecule has 2 unspecified atom stereocenters. The molecular formula is C19H28F6O. The fourth-order valence-electron chi connectivity index (χ4n) is 5.05. The van der Waals surface area contributed by atoms with Gasteiger partial charge in [0.1, 0.15) is 30.6 Å². The topological polar surface area (TPSA) is 9.23 Å². The first-order chi connectivity index (χ1) is 12.3. The van der Waals surface area contributed by atoms with E-state index in [4.69, 9.17) is 4.74 Å². The molecule has 0 aromatic rings. The summed E-state index contributed by atoms with van der Waals surface area (Å²) in [6.45, 7) is 0. The molecule has 0 N–H and O–H groups in total. The van der Waals surface area contributed by atoms with E-state index in [2.05, 4.69) is 0 Å². The molecule has 0 bridgehead atoms. The number of ether oxygens (including phenoxy) is 1. The molecule has 0 saturated heterocycles. The molecule has 3 rings (SSSR count). The summed E-state index contributed by atoms with van der Waals surface area (Å²) in [6, 6.07) is 0. The molecule has 3 fully saturated rings. The number of hydrogen-bond donors (Lipinski definition) is 0. The summed E-state index contributed by atoms with van der Waals surface area (Å²) in [5.41, 5.74) is 0. The Kier molecular flexibility index (Phi) is 6.45. The molecule has 7 heteroatoms. The van der Waals surface area contributed by atoms with Crippen molar-refractivity contribution in [2.45, 2.75) is 101 Å². The smallest absolute Gasteiger partial charge is 0.317 e. The number of hydrogen-bond acceptors (Lipinski definition) is 1. The molecule has 0 amide bonds. The minimum Gasteiger partial charge on any atom is -0.317 e. The van der Waals surface area contributed by atoms with Gasteiger partial charge in [-0.15, -0.1) is 0 Å². The van der Waals surface area contributed by atoms with Gasteiger partial charge < -0.3 is 4.74 Å². The average molecular weight is 386 g/mol. The molecule has 3 aliphatic rings. The molecule has 3 aliphatic carbocycles. The van der Waals surface area contributed by atoms with E-state index in [0.717, 1.165) is 25.7 Å². The lowest BCUT2D eigenvalue weighted by atomic mass is 9.72. The molecule has 0 heterocycles. The zero-order valence-corrected chi connectivity index (χ0v) is 14.9. The van der Waals surface area contributed by atoms with Crippen molar-refractivity contribution < 1.29 is 31.1 Å². The molecule has 2 atom stereocenters. The molecule has 0 aliphatic heterocycles. The molecule has 0 radical (unpaired) electrons. The molecule has 0 aromatic carbocycles. The van der Waals surface area contributed by atoms with Gasteiger partial charge in [0.2, 0.25) is 0 Å². The second kappa shape index (κ2) is 8.27. The summed E-state index contributed by atoms with van der Waals surface area (Å²) in [4.78, 5) is 0. The van der Waals surface area contributed by atoms with Crippen molar-refractivity contribution in [2.75, 3.05) is 0 Å². The van der Waals surface area contributed by atoms with Gasteiger partial charge in [0, 0.05) is 12.8 Å². The Balaban J connectivity index is 1.50. The van der Waals surface area contributed by atoms with Gasteiger partial charge in [-0.1, -0.05) is 0 Å². The molecule has 26 heavy (non-hydrogen) atoms. The summed E-state index contributed by atoms with van der Waals surface area (Å²) in [6.07, 6.45) is -7.87. The van der Waals surface area contributed by atoms with Crippen LogP contribution < -0.4 is 0 Å². The minimum atomic E-state index is -3.93. The van der Waals surface area contributed by atoms with Crippen LogP contribution in [0.15, 0.2) is 0 Å². The largest absolute Gasteiger partial charge is 0.364 e. The summed E-state index contributed by atoms with van der Waals surface area (Å²) in [7, 11) is 0. The Hall–Kier alpha value is -0.460. The quantitative estimate of drug-likeness (QED) is 0.530. The maximum atomic E-state index is 14.4. The summed E-state index contributed by atoms with van der Waals surface area (Å²) < 4.78 is 87.7. The lowest BCUT2D eigenvalue weighted by Gasteiger charge is -2.40. The van der Waals surface area contributed by atoms with Crippen molar-refractivity contribution >= 4 is 0 Å². The maximum absolute atomic E-state index is 14.4. The second-order valence-electron chi connectivity index (χ2n) is 8.35. The monoisotopic (exact) mass is 386 g/mol. The molecular weight excluding hydrogens is 358 g/mol. The van der Waals surface area contributed by atoms with Crippen LogP contribution in [-0.4, -0.2) is 36.9 Å². The normalized spacial score (nSPS) is 45.5. The van der Waals surface area contributed by atoms with E-state index in [1.165, 1.54) is 0 Å². The van der Waals surface area contributed by atoms with Crippen molar-refractivity contribution in [1.29, 1.82) is 0 Å². The van der Waals surface area contributed by atoms with E-state index >= 15 is 0 Å². The average Bonchev–Trinajstić information content (AvgIpc) is 2.54. The highest BCUT2D eigenvalue weighted by Gasteiger charge is 2.55. The Morgan fingerprint density at radius 2 is 1.08 bits per heavy atom. The van der Waals surface area contributed by atoms with Gasteiger partial charge >= 0.3 is 6.11 Å². The Morgan fingerprint density at radius 1 is 0.615 bits per heavy atom. The van der Waals surface area contributed by atoms with Crippen LogP contribution >= 0.6 is 0 Å². The predicted molar refractivity (Wildman–Crippen MR) is 86.0 cm³/mol. The van der Waals surface area contributed by atoms with Crippen LogP contribution in [0.1, 0.15) is 64.2 Å². The third-order valence-electron chi connectivity index (χ3n) is 6.54. The first-order valence-electron chi connectivity index (χ1n) is 9.88. The van der Waals surface area contributed by atoms with Crippen LogP contribution in [0.25, 0.3) is 0 Å². The van der Waals surface area contributed by atoms with Crippen molar-refractivity contribution in [3.05, 3.63) is 0 Å². The molecule has 152 valence electrons. The van der Waals surface area contributed by atoms with Crippen LogP contribution in [0.3, 0.4) is 0 Å². The third-order valence-corrected chi connectivity index (χ3v) is 6.54. The van der Waals surface area contributed by atoms with Gasteiger partial charge in [0.05, 0.1) is 6.10 Å². The number of halogens is 6. The second-order valence-corrected chi connectivity index (χ2v) is 8.35. The number of alkyl halides is 6. The van der Waals surface area contributed by atoms with Gasteiger partial charge in [-0.3, -0.25) is 0 Å². The molecule has 0 aromatic heterocycles. The number of rotatable bonds is 4. The van der Waals surface area contributed by atoms with Gasteiger partial charge in [-0.05, 0) is 63.2 Å². The fraction of sp³-hybridized carbons (Fsp3) is 1.00. The van der Waals surface area contributed by atoms with E-state index < -0.39 is 55.7 Å². The van der Waals surface area contributed by atoms with Gasteiger partial charge in [-0.25, -0.2) is 17.6 Å². The van der Waals surface area contributed by atoms with Crippen LogP contribution in [0, 0.1) is 17.8 Å². The Morgan fingerprint density at radius 3 is 1.58 bits per heavy atom. The summed E-state index contributed by atoms with van der Waals surface area (Å²) >= 11 is 0. The van der Waals surface area contributed by atoms with E-state index in [1.54, 1.807) is 0 Å². The van der Waals surface area contributed by atoms with Crippen LogP contribution in [0.4, 0.5) is 26.3 Å².